The van der Waals surface area contributed by atoms with Crippen molar-refractivity contribution in [2.45, 2.75) is 85.0 Å². The Hall–Kier alpha value is -2.36. The van der Waals surface area contributed by atoms with Gasteiger partial charge in [-0.05, 0) is 57.3 Å². The Morgan fingerprint density at radius 2 is 1.20 bits per heavy atom. The van der Waals surface area contributed by atoms with E-state index in [9.17, 15) is 9.59 Å². The maximum Gasteiger partial charge on any atom is 0.303 e. The first-order valence-corrected chi connectivity index (χ1v) is 11.1. The van der Waals surface area contributed by atoms with E-state index in [4.69, 9.17) is 10.8 Å². The third kappa shape index (κ3) is 33.2. The number of carbonyl (C=O) groups is 2. The predicted octanol–water partition coefficient (Wildman–Crippen LogP) is 6.90. The van der Waals surface area contributed by atoms with E-state index in [-0.39, 0.29) is 5.91 Å². The summed E-state index contributed by atoms with van der Waals surface area (Å²) in [6, 6.07) is 0. The molecule has 1 amide bonds. The van der Waals surface area contributed by atoms with Crippen LogP contribution in [0.25, 0.3) is 0 Å². The average molecular weight is 418 g/mol. The van der Waals surface area contributed by atoms with Crippen molar-refractivity contribution in [2.24, 2.45) is 11.7 Å². The van der Waals surface area contributed by atoms with Gasteiger partial charge in [0.2, 0.25) is 5.91 Å². The highest BCUT2D eigenvalue weighted by Gasteiger charge is 1.98. The summed E-state index contributed by atoms with van der Waals surface area (Å²) in [6.45, 7) is 6.18. The van der Waals surface area contributed by atoms with Gasteiger partial charge in [-0.1, -0.05) is 81.5 Å². The third-order valence-electron chi connectivity index (χ3n) is 3.89. The monoisotopic (exact) mass is 417 g/mol. The van der Waals surface area contributed by atoms with Crippen molar-refractivity contribution in [1.29, 1.82) is 0 Å². The highest BCUT2D eigenvalue weighted by molar-refractivity contribution is 5.73. The zero-order valence-corrected chi connectivity index (χ0v) is 19.3. The van der Waals surface area contributed by atoms with Crippen LogP contribution < -0.4 is 5.73 Å². The van der Waals surface area contributed by atoms with Crippen LogP contribution >= 0.6 is 0 Å². The van der Waals surface area contributed by atoms with E-state index in [1.807, 2.05) is 13.8 Å². The van der Waals surface area contributed by atoms with Gasteiger partial charge in [-0.15, -0.1) is 0 Å². The molecule has 0 aromatic rings. The Kier molecular flexibility index (Phi) is 24.5. The molecule has 0 aromatic heterocycles. The van der Waals surface area contributed by atoms with E-state index in [1.165, 1.54) is 0 Å². The Labute approximate surface area is 184 Å². The van der Waals surface area contributed by atoms with Gasteiger partial charge in [0.25, 0.3) is 0 Å². The fourth-order valence-corrected chi connectivity index (χ4v) is 2.17. The molecule has 4 nitrogen and oxygen atoms in total. The molecule has 0 bridgehead atoms. The Balaban J connectivity index is 0. The number of hydrogen-bond donors (Lipinski definition) is 2. The minimum atomic E-state index is -0.696. The molecule has 4 heteroatoms. The van der Waals surface area contributed by atoms with Crippen molar-refractivity contribution in [3.8, 4) is 0 Å². The zero-order valence-electron chi connectivity index (χ0n) is 19.3. The molecule has 0 aliphatic carbocycles. The number of rotatable bonds is 16. The van der Waals surface area contributed by atoms with Gasteiger partial charge in [0, 0.05) is 12.8 Å². The number of carboxylic acid groups (broad SMARTS) is 1. The summed E-state index contributed by atoms with van der Waals surface area (Å²) in [5.41, 5.74) is 5.07. The lowest BCUT2D eigenvalue weighted by Gasteiger charge is -1.97. The van der Waals surface area contributed by atoms with E-state index in [2.05, 4.69) is 67.7 Å². The number of hydrogen-bond acceptors (Lipinski definition) is 2. The van der Waals surface area contributed by atoms with Crippen LogP contribution in [0.1, 0.15) is 85.0 Å². The number of allylic oxidation sites excluding steroid dienone is 10. The van der Waals surface area contributed by atoms with Gasteiger partial charge in [0.05, 0.1) is 0 Å². The van der Waals surface area contributed by atoms with E-state index in [0.29, 0.717) is 18.8 Å². The molecule has 0 rings (SSSR count). The lowest BCUT2D eigenvalue weighted by Crippen LogP contribution is -2.09. The molecule has 0 spiro atoms. The highest BCUT2D eigenvalue weighted by Crippen LogP contribution is 2.02. The molecule has 0 saturated heterocycles. The summed E-state index contributed by atoms with van der Waals surface area (Å²) in [6.07, 6.45) is 30.2. The van der Waals surface area contributed by atoms with E-state index >= 15 is 0 Å². The summed E-state index contributed by atoms with van der Waals surface area (Å²) >= 11 is 0. The average Bonchev–Trinajstić information content (AvgIpc) is 2.69. The molecule has 0 radical (unpaired) electrons. The van der Waals surface area contributed by atoms with Crippen LogP contribution in [0.5, 0.6) is 0 Å². The normalized spacial score (nSPS) is 12.0. The topological polar surface area (TPSA) is 80.4 Å². The number of amides is 1. The lowest BCUT2D eigenvalue weighted by atomic mass is 10.1. The minimum absolute atomic E-state index is 0.215. The zero-order chi connectivity index (χ0) is 22.9. The first-order valence-electron chi connectivity index (χ1n) is 11.1. The number of carboxylic acids is 1. The molecule has 170 valence electrons. The number of unbranched alkanes of at least 4 members (excludes halogenated alkanes) is 1. The molecule has 0 aromatic carbocycles. The fourth-order valence-electron chi connectivity index (χ4n) is 2.17. The summed E-state index contributed by atoms with van der Waals surface area (Å²) in [5.74, 6) is -0.405. The van der Waals surface area contributed by atoms with E-state index in [1.54, 1.807) is 0 Å². The van der Waals surface area contributed by atoms with Gasteiger partial charge in [0.15, 0.2) is 0 Å². The molecule has 0 heterocycles. The van der Waals surface area contributed by atoms with Crippen molar-refractivity contribution in [3.63, 3.8) is 0 Å². The second-order valence-corrected chi connectivity index (χ2v) is 7.39. The van der Waals surface area contributed by atoms with Crippen LogP contribution in [0, 0.1) is 5.92 Å². The Bertz CT molecular complexity index is 555. The van der Waals surface area contributed by atoms with Crippen LogP contribution in [0.4, 0.5) is 0 Å². The molecular formula is C26H43NO3. The molecule has 0 aliphatic rings. The maximum absolute atomic E-state index is 10.5. The standard InChI is InChI=1S/C20H31NO.C6H12O2/c1-2-3-4-5-6-7-8-9-10-11-12-13-14-15-16-17-18-19-20(21)22;1-5(2)3-4-6(7)8/h3-4,6-7,9-10,12-13,15-16H,2,5,8,11,14,17-19H2,1H3,(H2,21,22);5H,3-4H2,1-2H3,(H,7,8)/b4-3-,7-6-,10-9-,13-12-,16-15-;. The van der Waals surface area contributed by atoms with Crippen LogP contribution in [0.2, 0.25) is 0 Å². The van der Waals surface area contributed by atoms with E-state index < -0.39 is 5.97 Å². The largest absolute Gasteiger partial charge is 0.481 e. The first-order chi connectivity index (χ1) is 14.4. The fraction of sp³-hybridized carbons (Fsp3) is 0.538. The molecule has 0 fully saturated rings. The summed E-state index contributed by atoms with van der Waals surface area (Å²) in [7, 11) is 0. The molecule has 0 unspecified atom stereocenters. The smallest absolute Gasteiger partial charge is 0.303 e. The number of aliphatic carboxylic acids is 1. The van der Waals surface area contributed by atoms with Gasteiger partial charge in [-0.3, -0.25) is 9.59 Å². The Morgan fingerprint density at radius 3 is 1.53 bits per heavy atom. The maximum atomic E-state index is 10.5. The highest BCUT2D eigenvalue weighted by atomic mass is 16.4. The number of carbonyl (C=O) groups excluding carboxylic acids is 1. The Morgan fingerprint density at radius 1 is 0.767 bits per heavy atom. The van der Waals surface area contributed by atoms with Crippen molar-refractivity contribution < 1.29 is 14.7 Å². The number of nitrogens with two attached hydrogens (primary N) is 1. The van der Waals surface area contributed by atoms with Crippen LogP contribution in [0.3, 0.4) is 0 Å². The van der Waals surface area contributed by atoms with Crippen LogP contribution in [-0.4, -0.2) is 17.0 Å². The van der Waals surface area contributed by atoms with Gasteiger partial charge in [-0.25, -0.2) is 0 Å². The molecule has 0 aliphatic heterocycles. The molecular weight excluding hydrogens is 374 g/mol. The van der Waals surface area contributed by atoms with Crippen LogP contribution in [0.15, 0.2) is 60.8 Å². The minimum Gasteiger partial charge on any atom is -0.481 e. The molecule has 3 N–H and O–H groups in total. The quantitative estimate of drug-likeness (QED) is 0.212. The SMILES string of the molecule is CC(C)CCC(=O)O.CC/C=C\C/C=C\C/C=C\C/C=C\C/C=C\CCCC(N)=O. The van der Waals surface area contributed by atoms with E-state index in [0.717, 1.165) is 51.4 Å². The van der Waals surface area contributed by atoms with Gasteiger partial charge < -0.3 is 10.8 Å². The first kappa shape index (κ1) is 29.8. The van der Waals surface area contributed by atoms with Crippen molar-refractivity contribution in [3.05, 3.63) is 60.8 Å². The molecule has 0 atom stereocenters. The third-order valence-corrected chi connectivity index (χ3v) is 3.89. The van der Waals surface area contributed by atoms with Crippen molar-refractivity contribution >= 4 is 11.9 Å². The summed E-state index contributed by atoms with van der Waals surface area (Å²) in [5, 5.41) is 8.16. The van der Waals surface area contributed by atoms with Gasteiger partial charge in [-0.2, -0.15) is 0 Å². The second-order valence-electron chi connectivity index (χ2n) is 7.39. The summed E-state index contributed by atoms with van der Waals surface area (Å²) in [4.78, 5) is 20.4. The van der Waals surface area contributed by atoms with Crippen LogP contribution in [-0.2, 0) is 9.59 Å². The van der Waals surface area contributed by atoms with Crippen molar-refractivity contribution in [2.75, 3.05) is 0 Å². The van der Waals surface area contributed by atoms with Gasteiger partial charge >= 0.3 is 5.97 Å². The lowest BCUT2D eigenvalue weighted by molar-refractivity contribution is -0.137. The predicted molar refractivity (Wildman–Crippen MR) is 129 cm³/mol. The molecule has 0 saturated carbocycles. The second kappa shape index (κ2) is 24.7. The van der Waals surface area contributed by atoms with Crippen molar-refractivity contribution in [1.82, 2.24) is 0 Å². The van der Waals surface area contributed by atoms with Gasteiger partial charge in [0.1, 0.15) is 0 Å². The molecule has 30 heavy (non-hydrogen) atoms. The summed E-state index contributed by atoms with van der Waals surface area (Å²) < 4.78 is 0. The number of primary amides is 1.